The highest BCUT2D eigenvalue weighted by atomic mass is 35.5. The fourth-order valence-electron chi connectivity index (χ4n) is 2.57. The predicted molar refractivity (Wildman–Crippen MR) is 89.8 cm³/mol. The van der Waals surface area contributed by atoms with Gasteiger partial charge in [-0.3, -0.25) is 0 Å². The molecule has 3 aromatic rings. The Morgan fingerprint density at radius 1 is 1.27 bits per heavy atom. The number of halogens is 1. The Hall–Kier alpha value is -1.69. The Morgan fingerprint density at radius 2 is 2.09 bits per heavy atom. The van der Waals surface area contributed by atoms with Crippen molar-refractivity contribution in [3.8, 4) is 0 Å². The van der Waals surface area contributed by atoms with E-state index in [0.29, 0.717) is 11.7 Å². The molecule has 0 unspecified atom stereocenters. The molecule has 112 valence electrons. The number of nitrogens with zero attached hydrogens (tertiary/aromatic N) is 2. The van der Waals surface area contributed by atoms with Crippen LogP contribution in [0.15, 0.2) is 28.8 Å². The first kappa shape index (κ1) is 13.9. The molecule has 0 saturated heterocycles. The molecule has 4 rings (SSSR count). The standard InChI is InChI=1S/C16H14ClN3OS/c17-14-10-4-1-2-5-11(10)22-12(14)6-7-13-19-15(20-21-13)16(18)8-3-9-16/h1-2,4-7H,3,8-9,18H2/b7-6+. The lowest BCUT2D eigenvalue weighted by Crippen LogP contribution is -2.44. The molecule has 0 radical (unpaired) electrons. The summed E-state index contributed by atoms with van der Waals surface area (Å²) in [6, 6.07) is 8.07. The molecule has 1 aliphatic carbocycles. The van der Waals surface area contributed by atoms with E-state index in [1.807, 2.05) is 24.3 Å². The molecule has 2 N–H and O–H groups in total. The first-order valence-electron chi connectivity index (χ1n) is 7.14. The average Bonchev–Trinajstić information content (AvgIpc) is 3.09. The minimum Gasteiger partial charge on any atom is -0.335 e. The molecule has 0 spiro atoms. The van der Waals surface area contributed by atoms with Crippen molar-refractivity contribution in [2.45, 2.75) is 24.8 Å². The molecule has 0 amide bonds. The van der Waals surface area contributed by atoms with Gasteiger partial charge in [-0.2, -0.15) is 4.98 Å². The van der Waals surface area contributed by atoms with Gasteiger partial charge in [-0.05, 0) is 31.4 Å². The Morgan fingerprint density at radius 3 is 2.82 bits per heavy atom. The van der Waals surface area contributed by atoms with Gasteiger partial charge in [0.15, 0.2) is 5.82 Å². The van der Waals surface area contributed by atoms with Crippen molar-refractivity contribution in [1.29, 1.82) is 0 Å². The third-order valence-electron chi connectivity index (χ3n) is 4.07. The highest BCUT2D eigenvalue weighted by Gasteiger charge is 2.38. The number of hydrogen-bond acceptors (Lipinski definition) is 5. The van der Waals surface area contributed by atoms with Crippen LogP contribution in [0.5, 0.6) is 0 Å². The quantitative estimate of drug-likeness (QED) is 0.770. The first-order valence-corrected chi connectivity index (χ1v) is 8.33. The predicted octanol–water partition coefficient (Wildman–Crippen LogP) is 4.45. The van der Waals surface area contributed by atoms with Crippen molar-refractivity contribution in [1.82, 2.24) is 10.1 Å². The van der Waals surface area contributed by atoms with Crippen LogP contribution in [0, 0.1) is 0 Å². The smallest absolute Gasteiger partial charge is 0.250 e. The van der Waals surface area contributed by atoms with Crippen LogP contribution in [0.1, 0.15) is 35.9 Å². The second-order valence-electron chi connectivity index (χ2n) is 5.58. The number of aromatic nitrogens is 2. The Bertz CT molecular complexity index is 863. The molecule has 1 aromatic carbocycles. The maximum atomic E-state index is 6.41. The second kappa shape index (κ2) is 5.19. The largest absolute Gasteiger partial charge is 0.335 e. The van der Waals surface area contributed by atoms with Crippen LogP contribution in [-0.4, -0.2) is 10.1 Å². The summed E-state index contributed by atoms with van der Waals surface area (Å²) in [7, 11) is 0. The monoisotopic (exact) mass is 331 g/mol. The third-order valence-corrected chi connectivity index (χ3v) is 5.73. The molecular weight excluding hydrogens is 318 g/mol. The summed E-state index contributed by atoms with van der Waals surface area (Å²) >= 11 is 8.04. The fourth-order valence-corrected chi connectivity index (χ4v) is 3.97. The normalized spacial score (nSPS) is 17.2. The van der Waals surface area contributed by atoms with Gasteiger partial charge in [-0.15, -0.1) is 11.3 Å². The van der Waals surface area contributed by atoms with E-state index in [4.69, 9.17) is 21.9 Å². The van der Waals surface area contributed by atoms with Crippen LogP contribution in [0.4, 0.5) is 0 Å². The van der Waals surface area contributed by atoms with Crippen LogP contribution in [0.2, 0.25) is 5.02 Å². The van der Waals surface area contributed by atoms with E-state index in [0.717, 1.165) is 39.2 Å². The highest BCUT2D eigenvalue weighted by Crippen LogP contribution is 2.38. The van der Waals surface area contributed by atoms with Crippen LogP contribution in [-0.2, 0) is 5.54 Å². The fraction of sp³-hybridized carbons (Fsp3) is 0.250. The van der Waals surface area contributed by atoms with Crippen LogP contribution in [0.3, 0.4) is 0 Å². The molecule has 0 bridgehead atoms. The minimum atomic E-state index is -0.398. The number of nitrogens with two attached hydrogens (primary N) is 1. The Labute approximate surface area is 136 Å². The molecule has 4 nitrogen and oxygen atoms in total. The van der Waals surface area contributed by atoms with E-state index in [1.54, 1.807) is 17.4 Å². The van der Waals surface area contributed by atoms with E-state index in [2.05, 4.69) is 16.2 Å². The van der Waals surface area contributed by atoms with E-state index >= 15 is 0 Å². The molecule has 1 saturated carbocycles. The molecule has 1 aliphatic rings. The lowest BCUT2D eigenvalue weighted by atomic mass is 9.77. The first-order chi connectivity index (χ1) is 10.7. The number of hydrogen-bond donors (Lipinski definition) is 1. The number of rotatable bonds is 3. The summed E-state index contributed by atoms with van der Waals surface area (Å²) < 4.78 is 6.42. The molecule has 1 fully saturated rings. The molecule has 0 atom stereocenters. The zero-order chi connectivity index (χ0) is 15.2. The second-order valence-corrected chi connectivity index (χ2v) is 7.04. The number of benzene rings is 1. The van der Waals surface area contributed by atoms with E-state index in [9.17, 15) is 0 Å². The van der Waals surface area contributed by atoms with E-state index < -0.39 is 5.54 Å². The summed E-state index contributed by atoms with van der Waals surface area (Å²) in [4.78, 5) is 5.35. The van der Waals surface area contributed by atoms with E-state index in [-0.39, 0.29) is 0 Å². The van der Waals surface area contributed by atoms with Crippen LogP contribution in [0.25, 0.3) is 22.2 Å². The summed E-state index contributed by atoms with van der Waals surface area (Å²) in [6.07, 6.45) is 6.65. The van der Waals surface area contributed by atoms with Gasteiger partial charge >= 0.3 is 0 Å². The van der Waals surface area contributed by atoms with Gasteiger partial charge < -0.3 is 10.3 Å². The minimum absolute atomic E-state index is 0.398. The molecule has 0 aliphatic heterocycles. The number of fused-ring (bicyclic) bond motifs is 1. The maximum absolute atomic E-state index is 6.41. The summed E-state index contributed by atoms with van der Waals surface area (Å²) in [5, 5.41) is 5.82. The molecule has 2 heterocycles. The number of thiophene rings is 1. The molecular formula is C16H14ClN3OS. The highest BCUT2D eigenvalue weighted by molar-refractivity contribution is 7.20. The third kappa shape index (κ3) is 2.26. The van der Waals surface area contributed by atoms with Crippen molar-refractivity contribution < 1.29 is 4.52 Å². The van der Waals surface area contributed by atoms with Crippen LogP contribution >= 0.6 is 22.9 Å². The van der Waals surface area contributed by atoms with Gasteiger partial charge in [-0.1, -0.05) is 35.0 Å². The summed E-state index contributed by atoms with van der Waals surface area (Å²) in [5.74, 6) is 1.06. The van der Waals surface area contributed by atoms with Gasteiger partial charge in [0, 0.05) is 21.0 Å². The van der Waals surface area contributed by atoms with Crippen molar-refractivity contribution in [2.75, 3.05) is 0 Å². The van der Waals surface area contributed by atoms with Crippen LogP contribution < -0.4 is 5.73 Å². The van der Waals surface area contributed by atoms with Gasteiger partial charge in [0.05, 0.1) is 10.6 Å². The van der Waals surface area contributed by atoms with Crippen molar-refractivity contribution >= 4 is 45.2 Å². The summed E-state index contributed by atoms with van der Waals surface area (Å²) in [5.41, 5.74) is 5.79. The van der Waals surface area contributed by atoms with Gasteiger partial charge in [0.2, 0.25) is 0 Å². The average molecular weight is 332 g/mol. The lowest BCUT2D eigenvalue weighted by molar-refractivity contribution is 0.229. The lowest BCUT2D eigenvalue weighted by Gasteiger charge is -2.34. The molecule has 6 heteroatoms. The van der Waals surface area contributed by atoms with Crippen molar-refractivity contribution in [3.63, 3.8) is 0 Å². The van der Waals surface area contributed by atoms with Gasteiger partial charge in [0.1, 0.15) is 0 Å². The summed E-state index contributed by atoms with van der Waals surface area (Å²) in [6.45, 7) is 0. The Kier molecular flexibility index (Phi) is 3.29. The molecule has 22 heavy (non-hydrogen) atoms. The maximum Gasteiger partial charge on any atom is 0.250 e. The zero-order valence-electron chi connectivity index (χ0n) is 11.8. The van der Waals surface area contributed by atoms with Crippen molar-refractivity contribution in [3.05, 3.63) is 45.9 Å². The Balaban J connectivity index is 1.62. The van der Waals surface area contributed by atoms with Gasteiger partial charge in [0.25, 0.3) is 5.89 Å². The topological polar surface area (TPSA) is 64.9 Å². The van der Waals surface area contributed by atoms with E-state index in [1.165, 1.54) is 0 Å². The zero-order valence-corrected chi connectivity index (χ0v) is 13.3. The SMILES string of the molecule is NC1(c2noc(/C=C/c3sc4ccccc4c3Cl)n2)CCC1. The van der Waals surface area contributed by atoms with Crippen molar-refractivity contribution in [2.24, 2.45) is 5.73 Å². The molecule has 2 aromatic heterocycles. The van der Waals surface area contributed by atoms with Gasteiger partial charge in [-0.25, -0.2) is 0 Å².